The lowest BCUT2D eigenvalue weighted by Gasteiger charge is -2.41. The van der Waals surface area contributed by atoms with Gasteiger partial charge in [-0.3, -0.25) is 18.8 Å². The van der Waals surface area contributed by atoms with E-state index in [0.29, 0.717) is 43.2 Å². The lowest BCUT2D eigenvalue weighted by Crippen LogP contribution is -2.60. The number of benzene rings is 3. The van der Waals surface area contributed by atoms with Gasteiger partial charge in [-0.05, 0) is 64.6 Å². The fourth-order valence-corrected chi connectivity index (χ4v) is 8.78. The quantitative estimate of drug-likeness (QED) is 0.119. The summed E-state index contributed by atoms with van der Waals surface area (Å²) >= 11 is 0. The summed E-state index contributed by atoms with van der Waals surface area (Å²) in [4.78, 5) is 27.0. The molecule has 4 aromatic rings. The van der Waals surface area contributed by atoms with E-state index in [1.807, 2.05) is 67.8 Å². The van der Waals surface area contributed by atoms with Gasteiger partial charge in [0.05, 0.1) is 23.9 Å². The molecule has 0 bridgehead atoms. The average molecular weight is 777 g/mol. The fraction of sp³-hybridized carbons (Fsp3) is 0.405. The van der Waals surface area contributed by atoms with Gasteiger partial charge in [0.2, 0.25) is 11.8 Å². The monoisotopic (exact) mass is 776 g/mol. The maximum Gasteiger partial charge on any atom is 0.269 e. The molecule has 292 valence electrons. The van der Waals surface area contributed by atoms with Crippen molar-refractivity contribution < 1.29 is 22.6 Å². The number of carbonyl (C=O) groups is 2. The van der Waals surface area contributed by atoms with Crippen molar-refractivity contribution in [3.8, 4) is 34.4 Å². The van der Waals surface area contributed by atoms with E-state index < -0.39 is 50.9 Å². The number of amides is 2. The van der Waals surface area contributed by atoms with Gasteiger partial charge in [-0.15, -0.1) is 0 Å². The number of hydrogen-bond acceptors (Lipinski definition) is 9. The van der Waals surface area contributed by atoms with Crippen molar-refractivity contribution in [1.29, 1.82) is 10.5 Å². The van der Waals surface area contributed by atoms with E-state index >= 15 is 0 Å². The van der Waals surface area contributed by atoms with Crippen molar-refractivity contribution in [3.05, 3.63) is 101 Å². The smallest absolute Gasteiger partial charge is 0.269 e. The van der Waals surface area contributed by atoms with Crippen molar-refractivity contribution in [2.24, 2.45) is 18.5 Å². The number of nitrogens with two attached hydrogens (primary N) is 2. The van der Waals surface area contributed by atoms with Gasteiger partial charge in [-0.25, -0.2) is 0 Å². The SMILES string of the molecule is Cn1cc(-c2ccc(C[C@@H](C#N)NC(=O)C3(N)CCCCC3c3cc(-c4ccc(CC(C#N)NC(=O)C5(N)CCCC5)cc4)ccc3CS(=O)(=O)O)cc2)cn1. The third kappa shape index (κ3) is 9.34. The summed E-state index contributed by atoms with van der Waals surface area (Å²) in [6, 6.07) is 23.1. The van der Waals surface area contributed by atoms with E-state index in [-0.39, 0.29) is 18.7 Å². The molecule has 7 N–H and O–H groups in total. The van der Waals surface area contributed by atoms with Crippen LogP contribution in [0.5, 0.6) is 0 Å². The van der Waals surface area contributed by atoms with Gasteiger partial charge in [-0.1, -0.05) is 92.4 Å². The Bertz CT molecular complexity index is 2250. The standard InChI is InChI=1S/C42H48N8O5S/c1-50-26-34(25-47-50)31-13-9-29(10-14-31)21-36(24-44)49-40(52)42(46)19-3-2-6-38(42)37-22-32(15-16-33(37)27-56(53,54)55)30-11-7-28(8-12-30)20-35(23-43)48-39(51)41(45)17-4-5-18-41/h7-16,22,25-26,35-36,38H,2-6,17-21,27,45-46H2,1H3,(H,48,51)(H,49,52)(H,53,54,55)/t35?,36-,38?,42?/m0/s1. The number of nitrogens with zero attached hydrogens (tertiary/aromatic N) is 4. The Morgan fingerprint density at radius 2 is 1.38 bits per heavy atom. The number of nitriles is 2. The molecular formula is C42H48N8O5S. The number of aromatic nitrogens is 2. The van der Waals surface area contributed by atoms with E-state index in [9.17, 15) is 33.1 Å². The first-order valence-electron chi connectivity index (χ1n) is 18.9. The average Bonchev–Trinajstić information content (AvgIpc) is 3.83. The summed E-state index contributed by atoms with van der Waals surface area (Å²) in [5.41, 5.74) is 16.9. The van der Waals surface area contributed by atoms with E-state index in [2.05, 4.69) is 27.9 Å². The molecule has 0 aliphatic heterocycles. The van der Waals surface area contributed by atoms with Crippen LogP contribution in [0.3, 0.4) is 0 Å². The minimum atomic E-state index is -4.44. The van der Waals surface area contributed by atoms with Crippen LogP contribution in [0.25, 0.3) is 22.3 Å². The molecule has 56 heavy (non-hydrogen) atoms. The zero-order valence-corrected chi connectivity index (χ0v) is 32.3. The molecular weight excluding hydrogens is 729 g/mol. The number of carbonyl (C=O) groups excluding carboxylic acids is 2. The zero-order valence-electron chi connectivity index (χ0n) is 31.4. The predicted molar refractivity (Wildman–Crippen MR) is 212 cm³/mol. The Labute approximate surface area is 327 Å². The van der Waals surface area contributed by atoms with Crippen LogP contribution in [0, 0.1) is 22.7 Å². The molecule has 2 aliphatic carbocycles. The molecule has 1 heterocycles. The van der Waals surface area contributed by atoms with Crippen LogP contribution in [-0.2, 0) is 45.3 Å². The summed E-state index contributed by atoms with van der Waals surface area (Å²) in [7, 11) is -2.60. The second kappa shape index (κ2) is 16.8. The van der Waals surface area contributed by atoms with Crippen molar-refractivity contribution in [1.82, 2.24) is 20.4 Å². The summed E-state index contributed by atoms with van der Waals surface area (Å²) < 4.78 is 36.0. The summed E-state index contributed by atoms with van der Waals surface area (Å²) in [5.74, 6) is -2.08. The minimum absolute atomic E-state index is 0.255. The number of nitrogens with one attached hydrogen (secondary N) is 2. The van der Waals surface area contributed by atoms with Gasteiger partial charge < -0.3 is 22.1 Å². The molecule has 6 rings (SSSR count). The maximum absolute atomic E-state index is 14.1. The molecule has 2 fully saturated rings. The third-order valence-corrected chi connectivity index (χ3v) is 11.9. The maximum atomic E-state index is 14.1. The van der Waals surface area contributed by atoms with Crippen molar-refractivity contribution in [2.45, 2.75) is 99.0 Å². The zero-order chi connectivity index (χ0) is 40.1. The second-order valence-corrected chi connectivity index (χ2v) is 16.8. The number of hydrogen-bond donors (Lipinski definition) is 5. The third-order valence-electron chi connectivity index (χ3n) is 11.3. The summed E-state index contributed by atoms with van der Waals surface area (Å²) in [6.45, 7) is 0. The Morgan fingerprint density at radius 3 is 1.91 bits per heavy atom. The fourth-order valence-electron chi connectivity index (χ4n) is 8.12. The molecule has 1 aromatic heterocycles. The summed E-state index contributed by atoms with van der Waals surface area (Å²) in [5, 5.41) is 29.8. The van der Waals surface area contributed by atoms with Crippen molar-refractivity contribution >= 4 is 21.9 Å². The van der Waals surface area contributed by atoms with Crippen LogP contribution in [0.2, 0.25) is 0 Å². The first kappa shape index (κ1) is 40.3. The molecule has 0 radical (unpaired) electrons. The molecule has 14 heteroatoms. The van der Waals surface area contributed by atoms with Crippen LogP contribution < -0.4 is 22.1 Å². The topological polar surface area (TPSA) is 230 Å². The van der Waals surface area contributed by atoms with Gasteiger partial charge in [0.25, 0.3) is 10.1 Å². The molecule has 2 amide bonds. The van der Waals surface area contributed by atoms with Crippen LogP contribution in [-0.4, -0.2) is 57.7 Å². The lowest BCUT2D eigenvalue weighted by atomic mass is 9.68. The molecule has 0 saturated heterocycles. The highest BCUT2D eigenvalue weighted by Gasteiger charge is 2.46. The highest BCUT2D eigenvalue weighted by molar-refractivity contribution is 7.85. The largest absolute Gasteiger partial charge is 0.338 e. The summed E-state index contributed by atoms with van der Waals surface area (Å²) in [6.07, 6.45) is 9.38. The normalized spacial score (nSPS) is 20.3. The van der Waals surface area contributed by atoms with Crippen LogP contribution in [0.15, 0.2) is 79.1 Å². The molecule has 0 spiro atoms. The molecule has 2 saturated carbocycles. The van der Waals surface area contributed by atoms with Gasteiger partial charge in [0.15, 0.2) is 0 Å². The number of rotatable bonds is 13. The van der Waals surface area contributed by atoms with E-state index in [1.165, 1.54) is 0 Å². The first-order chi connectivity index (χ1) is 26.7. The van der Waals surface area contributed by atoms with Crippen LogP contribution in [0.1, 0.15) is 79.5 Å². The highest BCUT2D eigenvalue weighted by atomic mass is 32.2. The van der Waals surface area contributed by atoms with E-state index in [0.717, 1.165) is 52.6 Å². The first-order valence-corrected chi connectivity index (χ1v) is 20.5. The van der Waals surface area contributed by atoms with Crippen LogP contribution in [0.4, 0.5) is 0 Å². The van der Waals surface area contributed by atoms with Gasteiger partial charge in [-0.2, -0.15) is 24.0 Å². The minimum Gasteiger partial charge on any atom is -0.338 e. The number of aryl methyl sites for hydroxylation is 1. The van der Waals surface area contributed by atoms with E-state index in [4.69, 9.17) is 11.5 Å². The predicted octanol–water partition coefficient (Wildman–Crippen LogP) is 4.57. The van der Waals surface area contributed by atoms with Crippen molar-refractivity contribution in [2.75, 3.05) is 0 Å². The van der Waals surface area contributed by atoms with Gasteiger partial charge in [0, 0.05) is 37.6 Å². The Morgan fingerprint density at radius 1 is 0.839 bits per heavy atom. The van der Waals surface area contributed by atoms with Crippen molar-refractivity contribution in [3.63, 3.8) is 0 Å². The molecule has 3 aromatic carbocycles. The second-order valence-electron chi connectivity index (χ2n) is 15.4. The Hall–Kier alpha value is -5.38. The Kier molecular flexibility index (Phi) is 12.1. The molecule has 13 nitrogen and oxygen atoms in total. The van der Waals surface area contributed by atoms with Gasteiger partial charge in [0.1, 0.15) is 23.4 Å². The Balaban J connectivity index is 1.21. The van der Waals surface area contributed by atoms with Gasteiger partial charge >= 0.3 is 0 Å². The highest BCUT2D eigenvalue weighted by Crippen LogP contribution is 2.43. The van der Waals surface area contributed by atoms with Crippen LogP contribution >= 0.6 is 0 Å². The molecule has 2 aliphatic rings. The molecule has 3 unspecified atom stereocenters. The van der Waals surface area contributed by atoms with E-state index in [1.54, 1.807) is 23.0 Å². The molecule has 4 atom stereocenters. The lowest BCUT2D eigenvalue weighted by molar-refractivity contribution is -0.128.